The number of ether oxygens (including phenoxy) is 3. The van der Waals surface area contributed by atoms with Crippen molar-refractivity contribution >= 4 is 28.1 Å². The van der Waals surface area contributed by atoms with Crippen LogP contribution in [0.5, 0.6) is 5.75 Å². The molecule has 3 heterocycles. The van der Waals surface area contributed by atoms with Crippen LogP contribution in [0.2, 0.25) is 0 Å². The monoisotopic (exact) mass is 554 g/mol. The zero-order valence-corrected chi connectivity index (χ0v) is 22.4. The van der Waals surface area contributed by atoms with Crippen LogP contribution in [0.1, 0.15) is 18.1 Å². The molecule has 2 unspecified atom stereocenters. The van der Waals surface area contributed by atoms with Gasteiger partial charge in [0.25, 0.3) is 11.7 Å². The van der Waals surface area contributed by atoms with Crippen LogP contribution in [0, 0.1) is 0 Å². The SMILES string of the molecule is COc1ccc(C[N+]2(C3=C(COC(C)=O)C(Cc4ccccc4)S(=O)(=O)[C@H]4[C@@H](OC)C(=O)N34)C=NN=N2)cc1. The number of quaternary nitrogens is 1. The first-order valence-corrected chi connectivity index (χ1v) is 13.8. The summed E-state index contributed by atoms with van der Waals surface area (Å²) < 4.78 is 43.7. The molecule has 0 aliphatic carbocycles. The van der Waals surface area contributed by atoms with Gasteiger partial charge >= 0.3 is 5.97 Å². The zero-order valence-electron chi connectivity index (χ0n) is 21.6. The highest BCUT2D eigenvalue weighted by Crippen LogP contribution is 2.46. The molecular weight excluding hydrogens is 526 g/mol. The third-order valence-electron chi connectivity index (χ3n) is 7.02. The maximum atomic E-state index is 14.1. The number of carbonyl (C=O) groups is 2. The molecule has 1 fully saturated rings. The quantitative estimate of drug-likeness (QED) is 0.264. The molecular formula is C26H28N5O7S+. The Kier molecular flexibility index (Phi) is 7.05. The van der Waals surface area contributed by atoms with E-state index >= 15 is 0 Å². The minimum atomic E-state index is -4.04. The van der Waals surface area contributed by atoms with Crippen LogP contribution in [0.3, 0.4) is 0 Å². The van der Waals surface area contributed by atoms with Gasteiger partial charge in [0.2, 0.25) is 6.34 Å². The van der Waals surface area contributed by atoms with Gasteiger partial charge in [0.1, 0.15) is 18.9 Å². The number of rotatable bonds is 9. The first kappa shape index (κ1) is 26.7. The van der Waals surface area contributed by atoms with E-state index in [1.54, 1.807) is 19.2 Å². The molecule has 3 aliphatic heterocycles. The van der Waals surface area contributed by atoms with Crippen LogP contribution >= 0.6 is 0 Å². The standard InChI is InChI=1S/C26H28N5O7S/c1-17(32)38-15-21-22(13-18-7-5-4-6-8-18)39(34,35)26-23(37-3)25(33)30(26)24(21)31(16-27-28-29-31)14-19-9-11-20(36-2)12-10-19/h4-12,16,22-23,26H,13-15H2,1-3H3/q+1/t22?,23-,26-,31?/m0/s1. The van der Waals surface area contributed by atoms with Gasteiger partial charge in [0.05, 0.1) is 23.2 Å². The van der Waals surface area contributed by atoms with E-state index in [1.165, 1.54) is 25.3 Å². The zero-order chi connectivity index (χ0) is 27.8. The summed E-state index contributed by atoms with van der Waals surface area (Å²) in [5.74, 6) is -0.245. The third kappa shape index (κ3) is 4.62. The van der Waals surface area contributed by atoms with Gasteiger partial charge in [-0.15, -0.1) is 0 Å². The van der Waals surface area contributed by atoms with Crippen molar-refractivity contribution in [2.75, 3.05) is 20.8 Å². The Balaban J connectivity index is 1.72. The topological polar surface area (TPSA) is 136 Å². The van der Waals surface area contributed by atoms with Gasteiger partial charge in [0.15, 0.2) is 21.3 Å². The van der Waals surface area contributed by atoms with E-state index < -0.39 is 43.0 Å². The molecule has 39 heavy (non-hydrogen) atoms. The average Bonchev–Trinajstić information content (AvgIpc) is 3.39. The molecule has 4 atom stereocenters. The van der Waals surface area contributed by atoms with E-state index in [0.717, 1.165) is 11.1 Å². The first-order valence-electron chi connectivity index (χ1n) is 12.2. The van der Waals surface area contributed by atoms with Crippen LogP contribution in [0.25, 0.3) is 0 Å². The Morgan fingerprint density at radius 3 is 2.36 bits per heavy atom. The number of hydrogen-bond acceptors (Lipinski definition) is 10. The fraction of sp³-hybridized carbons (Fsp3) is 0.346. The number of methoxy groups -OCH3 is 2. The molecule has 0 radical (unpaired) electrons. The minimum absolute atomic E-state index is 0.0923. The summed E-state index contributed by atoms with van der Waals surface area (Å²) in [7, 11) is -1.17. The molecule has 2 aromatic carbocycles. The predicted octanol–water partition coefficient (Wildman–Crippen LogP) is 2.33. The molecule has 0 bridgehead atoms. The lowest BCUT2D eigenvalue weighted by Gasteiger charge is -2.51. The highest BCUT2D eigenvalue weighted by Gasteiger charge is 2.67. The Morgan fingerprint density at radius 1 is 1.05 bits per heavy atom. The molecule has 204 valence electrons. The molecule has 13 heteroatoms. The number of nitrogens with zero attached hydrogens (tertiary/aromatic N) is 5. The Bertz CT molecular complexity index is 1460. The molecule has 5 rings (SSSR count). The molecule has 2 aromatic rings. The number of β-lactam (4-membered cyclic amide) rings is 1. The Labute approximate surface area is 225 Å². The van der Waals surface area contributed by atoms with E-state index in [9.17, 15) is 18.0 Å². The van der Waals surface area contributed by atoms with Gasteiger partial charge in [0, 0.05) is 24.8 Å². The van der Waals surface area contributed by atoms with Crippen molar-refractivity contribution < 1.29 is 36.8 Å². The molecule has 0 N–H and O–H groups in total. The van der Waals surface area contributed by atoms with Crippen LogP contribution in [0.15, 0.2) is 81.5 Å². The van der Waals surface area contributed by atoms with Gasteiger partial charge in [-0.25, -0.2) is 13.3 Å². The first-order chi connectivity index (χ1) is 18.7. The van der Waals surface area contributed by atoms with Gasteiger partial charge in [-0.2, -0.15) is 0 Å². The third-order valence-corrected chi connectivity index (χ3v) is 9.40. The Hall–Kier alpha value is -3.94. The molecule has 1 amide bonds. The molecule has 1 saturated heterocycles. The van der Waals surface area contributed by atoms with Crippen molar-refractivity contribution in [1.82, 2.24) is 4.90 Å². The lowest BCUT2D eigenvalue weighted by molar-refractivity contribution is -0.828. The lowest BCUT2D eigenvalue weighted by Crippen LogP contribution is -2.74. The summed E-state index contributed by atoms with van der Waals surface area (Å²) >= 11 is 0. The molecule has 12 nitrogen and oxygen atoms in total. The number of hydrogen-bond donors (Lipinski definition) is 0. The summed E-state index contributed by atoms with van der Waals surface area (Å²) in [6.45, 7) is 1.03. The number of fused-ring (bicyclic) bond motifs is 1. The van der Waals surface area contributed by atoms with Gasteiger partial charge in [-0.05, 0) is 36.2 Å². The largest absolute Gasteiger partial charge is 0.497 e. The smallest absolute Gasteiger partial charge is 0.302 e. The van der Waals surface area contributed by atoms with Crippen molar-refractivity contribution in [3.63, 3.8) is 0 Å². The highest BCUT2D eigenvalue weighted by atomic mass is 32.2. The van der Waals surface area contributed by atoms with Gasteiger partial charge in [-0.1, -0.05) is 40.0 Å². The average molecular weight is 555 g/mol. The highest BCUT2D eigenvalue weighted by molar-refractivity contribution is 7.93. The van der Waals surface area contributed by atoms with Crippen LogP contribution < -0.4 is 4.74 Å². The van der Waals surface area contributed by atoms with Crippen LogP contribution in [-0.4, -0.2) is 73.7 Å². The number of sulfone groups is 1. The summed E-state index contributed by atoms with van der Waals surface area (Å²) in [4.78, 5) is 26.5. The number of amides is 1. The summed E-state index contributed by atoms with van der Waals surface area (Å²) in [5.41, 5.74) is 1.79. The second-order valence-electron chi connectivity index (χ2n) is 9.39. The number of esters is 1. The van der Waals surface area contributed by atoms with Crippen LogP contribution in [0.4, 0.5) is 0 Å². The fourth-order valence-corrected chi connectivity index (χ4v) is 7.58. The second-order valence-corrected chi connectivity index (χ2v) is 11.6. The van der Waals surface area contributed by atoms with E-state index in [2.05, 4.69) is 15.5 Å². The fourth-order valence-electron chi connectivity index (χ4n) is 5.18. The van der Waals surface area contributed by atoms with E-state index in [4.69, 9.17) is 14.2 Å². The van der Waals surface area contributed by atoms with Crippen molar-refractivity contribution in [3.05, 3.63) is 77.1 Å². The molecule has 0 aromatic heterocycles. The molecule has 3 aliphatic rings. The summed E-state index contributed by atoms with van der Waals surface area (Å²) in [6, 6.07) is 16.4. The lowest BCUT2D eigenvalue weighted by atomic mass is 10.00. The number of carbonyl (C=O) groups excluding carboxylic acids is 2. The maximum Gasteiger partial charge on any atom is 0.302 e. The van der Waals surface area contributed by atoms with Crippen molar-refractivity contribution in [2.45, 2.75) is 36.6 Å². The van der Waals surface area contributed by atoms with Gasteiger partial charge < -0.3 is 14.2 Å². The minimum Gasteiger partial charge on any atom is -0.497 e. The Morgan fingerprint density at radius 2 is 1.77 bits per heavy atom. The van der Waals surface area contributed by atoms with Crippen molar-refractivity contribution in [3.8, 4) is 5.75 Å². The second kappa shape index (κ2) is 10.3. The van der Waals surface area contributed by atoms with E-state index in [1.807, 2.05) is 42.5 Å². The number of benzene rings is 2. The van der Waals surface area contributed by atoms with Crippen molar-refractivity contribution in [1.29, 1.82) is 0 Å². The van der Waals surface area contributed by atoms with Gasteiger partial charge in [-0.3, -0.25) is 9.59 Å². The normalized spacial score (nSPS) is 26.8. The summed E-state index contributed by atoms with van der Waals surface area (Å²) in [6.07, 6.45) is 0.348. The van der Waals surface area contributed by atoms with Crippen molar-refractivity contribution in [2.24, 2.45) is 15.5 Å². The summed E-state index contributed by atoms with van der Waals surface area (Å²) in [5, 5.41) is 9.80. The molecule has 0 spiro atoms. The predicted molar refractivity (Wildman–Crippen MR) is 138 cm³/mol. The van der Waals surface area contributed by atoms with E-state index in [-0.39, 0.29) is 31.0 Å². The molecule has 0 saturated carbocycles. The van der Waals surface area contributed by atoms with Crippen LogP contribution in [-0.2, 0) is 41.9 Å². The van der Waals surface area contributed by atoms with E-state index in [0.29, 0.717) is 5.75 Å². The maximum absolute atomic E-state index is 14.1.